The van der Waals surface area contributed by atoms with E-state index in [0.717, 1.165) is 105 Å². The molecule has 0 fully saturated rings. The number of fused-ring (bicyclic) bond motifs is 7. The number of hydrogen-bond acceptors (Lipinski definition) is 4. The van der Waals surface area contributed by atoms with Crippen LogP contribution in [0.25, 0.3) is 111 Å². The summed E-state index contributed by atoms with van der Waals surface area (Å²) in [6.45, 7) is 0. The van der Waals surface area contributed by atoms with Crippen LogP contribution >= 0.6 is 0 Å². The number of aromatic nitrogens is 3. The van der Waals surface area contributed by atoms with Crippen LogP contribution in [-0.2, 0) is 0 Å². The lowest BCUT2D eigenvalue weighted by Gasteiger charge is -2.10. The average Bonchev–Trinajstić information content (AvgIpc) is 3.68. The summed E-state index contributed by atoms with van der Waals surface area (Å²) in [6, 6.07) is 69.6. The smallest absolute Gasteiger partial charge is 0.160 e. The summed E-state index contributed by atoms with van der Waals surface area (Å²) in [5, 5.41) is 5.47. The zero-order valence-corrected chi connectivity index (χ0v) is 30.8. The second-order valence-electron chi connectivity index (χ2n) is 14.4. The molecule has 0 radical (unpaired) electrons. The van der Waals surface area contributed by atoms with Crippen molar-refractivity contribution >= 4 is 43.6 Å². The second-order valence-corrected chi connectivity index (χ2v) is 14.4. The predicted octanol–water partition coefficient (Wildman–Crippen LogP) is 14.1. The Hall–Kier alpha value is -7.69. The number of hydrogen-bond donors (Lipinski definition) is 0. The van der Waals surface area contributed by atoms with E-state index in [-0.39, 0.29) is 0 Å². The van der Waals surface area contributed by atoms with Gasteiger partial charge in [0.15, 0.2) is 5.82 Å². The quantitative estimate of drug-likeness (QED) is 0.160. The van der Waals surface area contributed by atoms with Crippen molar-refractivity contribution in [2.75, 3.05) is 0 Å². The maximum atomic E-state index is 6.70. The molecule has 11 aromatic rings. The Morgan fingerprint density at radius 1 is 0.316 bits per heavy atom. The maximum Gasteiger partial charge on any atom is 0.160 e. The molecule has 0 N–H and O–H groups in total. The molecule has 0 atom stereocenters. The minimum atomic E-state index is 0.713. The Bertz CT molecular complexity index is 3190. The third-order valence-corrected chi connectivity index (χ3v) is 10.9. The fourth-order valence-corrected chi connectivity index (χ4v) is 8.02. The number of benzene rings is 8. The van der Waals surface area contributed by atoms with Gasteiger partial charge in [-0.3, -0.25) is 0 Å². The summed E-state index contributed by atoms with van der Waals surface area (Å²) in [4.78, 5) is 15.1. The summed E-state index contributed by atoms with van der Waals surface area (Å²) < 4.78 is 6.70. The number of nitrogens with zero attached hydrogens (tertiary/aromatic N) is 3. The summed E-state index contributed by atoms with van der Waals surface area (Å²) in [5.74, 6) is 0.713. The minimum Gasteiger partial charge on any atom is -0.455 e. The van der Waals surface area contributed by atoms with Gasteiger partial charge in [0.25, 0.3) is 0 Å². The average molecular weight is 728 g/mol. The number of para-hydroxylation sites is 1. The van der Waals surface area contributed by atoms with Gasteiger partial charge < -0.3 is 4.42 Å². The molecule has 0 aliphatic carbocycles. The first-order valence-electron chi connectivity index (χ1n) is 19.2. The molecule has 0 unspecified atom stereocenters. The van der Waals surface area contributed by atoms with E-state index in [1.807, 2.05) is 48.5 Å². The van der Waals surface area contributed by atoms with E-state index in [1.54, 1.807) is 0 Å². The van der Waals surface area contributed by atoms with Gasteiger partial charge in [0.2, 0.25) is 0 Å². The molecular formula is C53H33N3O. The van der Waals surface area contributed by atoms with Crippen LogP contribution in [0, 0.1) is 0 Å². The lowest BCUT2D eigenvalue weighted by molar-refractivity contribution is 0.673. The van der Waals surface area contributed by atoms with E-state index in [2.05, 4.69) is 152 Å². The van der Waals surface area contributed by atoms with E-state index < -0.39 is 0 Å². The number of pyridine rings is 1. The zero-order valence-electron chi connectivity index (χ0n) is 30.8. The molecule has 0 saturated heterocycles. The highest BCUT2D eigenvalue weighted by Crippen LogP contribution is 2.41. The van der Waals surface area contributed by atoms with Crippen LogP contribution < -0.4 is 0 Å². The number of furan rings is 1. The first-order chi connectivity index (χ1) is 28.2. The van der Waals surface area contributed by atoms with Crippen molar-refractivity contribution in [3.63, 3.8) is 0 Å². The van der Waals surface area contributed by atoms with E-state index >= 15 is 0 Å². The fourth-order valence-electron chi connectivity index (χ4n) is 8.02. The minimum absolute atomic E-state index is 0.713. The van der Waals surface area contributed by atoms with Gasteiger partial charge in [0.1, 0.15) is 11.2 Å². The Balaban J connectivity index is 0.930. The van der Waals surface area contributed by atoms with Gasteiger partial charge >= 0.3 is 0 Å². The Kier molecular flexibility index (Phi) is 7.78. The lowest BCUT2D eigenvalue weighted by atomic mass is 9.96. The first-order valence-corrected chi connectivity index (χ1v) is 19.2. The van der Waals surface area contributed by atoms with Crippen molar-refractivity contribution in [2.45, 2.75) is 0 Å². The first kappa shape index (κ1) is 32.7. The molecule has 4 heteroatoms. The Morgan fingerprint density at radius 2 is 0.825 bits per heavy atom. The highest BCUT2D eigenvalue weighted by atomic mass is 16.3. The topological polar surface area (TPSA) is 51.8 Å². The largest absolute Gasteiger partial charge is 0.455 e. The predicted molar refractivity (Wildman–Crippen MR) is 235 cm³/mol. The van der Waals surface area contributed by atoms with Crippen LogP contribution in [0.4, 0.5) is 0 Å². The normalized spacial score (nSPS) is 11.5. The van der Waals surface area contributed by atoms with E-state index in [1.165, 1.54) is 0 Å². The van der Waals surface area contributed by atoms with E-state index in [0.29, 0.717) is 5.82 Å². The molecule has 0 amide bonds. The molecule has 11 rings (SSSR count). The van der Waals surface area contributed by atoms with Gasteiger partial charge in [0, 0.05) is 49.2 Å². The van der Waals surface area contributed by atoms with Gasteiger partial charge in [-0.05, 0) is 52.6 Å². The molecule has 8 aromatic carbocycles. The SMILES string of the molecule is c1ccc(-c2cc(-c3ccc(-c4ccc(-c5ccc6oc7c(ccc8c(-c9ccccc9)nc9ccccc9c87)c6c5)cc4)cc3)nc(-c3ccccc3)n2)cc1. The van der Waals surface area contributed by atoms with Crippen molar-refractivity contribution in [2.24, 2.45) is 0 Å². The molecule has 57 heavy (non-hydrogen) atoms. The molecule has 0 spiro atoms. The number of rotatable bonds is 6. The van der Waals surface area contributed by atoms with Gasteiger partial charge in [-0.2, -0.15) is 0 Å². The summed E-state index contributed by atoms with van der Waals surface area (Å²) in [5.41, 5.74) is 14.2. The fraction of sp³-hybridized carbons (Fsp3) is 0. The third kappa shape index (κ3) is 5.83. The lowest BCUT2D eigenvalue weighted by Crippen LogP contribution is -1.95. The van der Waals surface area contributed by atoms with Crippen LogP contribution in [0.2, 0.25) is 0 Å². The zero-order chi connectivity index (χ0) is 37.7. The Morgan fingerprint density at radius 3 is 1.49 bits per heavy atom. The summed E-state index contributed by atoms with van der Waals surface area (Å²) in [6.07, 6.45) is 0. The van der Waals surface area contributed by atoms with Gasteiger partial charge in [0.05, 0.1) is 22.6 Å². The standard InChI is InChI=1S/C53H33N3O/c1-4-12-37(13-5-1)47-33-48(56-53(55-47)40-16-8-3-9-17-40)38-26-24-35(25-27-38)34-20-22-36(23-21-34)41-28-31-49-45(32-41)42-29-30-44-50(52(42)57-49)43-18-10-11-19-46(43)54-51(44)39-14-6-2-7-15-39/h1-33H. The monoisotopic (exact) mass is 727 g/mol. The van der Waals surface area contributed by atoms with E-state index in [9.17, 15) is 0 Å². The molecule has 4 nitrogen and oxygen atoms in total. The second kappa shape index (κ2) is 13.6. The van der Waals surface area contributed by atoms with E-state index in [4.69, 9.17) is 19.4 Å². The van der Waals surface area contributed by atoms with Gasteiger partial charge in [-0.15, -0.1) is 0 Å². The molecular weight excluding hydrogens is 695 g/mol. The van der Waals surface area contributed by atoms with Crippen molar-refractivity contribution in [1.82, 2.24) is 15.0 Å². The van der Waals surface area contributed by atoms with Crippen molar-refractivity contribution in [3.05, 3.63) is 200 Å². The molecule has 266 valence electrons. The molecule has 0 saturated carbocycles. The highest BCUT2D eigenvalue weighted by molar-refractivity contribution is 6.24. The molecule has 3 aromatic heterocycles. The van der Waals surface area contributed by atoms with Crippen LogP contribution in [0.15, 0.2) is 205 Å². The molecule has 0 aliphatic rings. The maximum absolute atomic E-state index is 6.70. The van der Waals surface area contributed by atoms with Crippen LogP contribution in [0.1, 0.15) is 0 Å². The third-order valence-electron chi connectivity index (χ3n) is 10.9. The van der Waals surface area contributed by atoms with Crippen LogP contribution in [0.3, 0.4) is 0 Å². The highest BCUT2D eigenvalue weighted by Gasteiger charge is 2.18. The van der Waals surface area contributed by atoms with Gasteiger partial charge in [-0.25, -0.2) is 15.0 Å². The molecule has 3 heterocycles. The van der Waals surface area contributed by atoms with Gasteiger partial charge in [-0.1, -0.05) is 170 Å². The van der Waals surface area contributed by atoms with Crippen LogP contribution in [-0.4, -0.2) is 15.0 Å². The molecule has 0 bridgehead atoms. The molecule has 0 aliphatic heterocycles. The Labute approximate surface area is 329 Å². The van der Waals surface area contributed by atoms with Crippen molar-refractivity contribution in [1.29, 1.82) is 0 Å². The van der Waals surface area contributed by atoms with Crippen LogP contribution in [0.5, 0.6) is 0 Å². The summed E-state index contributed by atoms with van der Waals surface area (Å²) >= 11 is 0. The van der Waals surface area contributed by atoms with Crippen molar-refractivity contribution in [3.8, 4) is 67.4 Å². The summed E-state index contributed by atoms with van der Waals surface area (Å²) in [7, 11) is 0. The van der Waals surface area contributed by atoms with Crippen molar-refractivity contribution < 1.29 is 4.42 Å².